The Labute approximate surface area is 176 Å². The zero-order chi connectivity index (χ0) is 20.9. The Hall–Kier alpha value is -1.93. The number of sulfonamides is 1. The summed E-state index contributed by atoms with van der Waals surface area (Å²) in [6.07, 6.45) is 3.24. The van der Waals surface area contributed by atoms with Gasteiger partial charge in [-0.05, 0) is 48.7 Å². The molecule has 2 aromatic rings. The molecule has 1 N–H and O–H groups in total. The van der Waals surface area contributed by atoms with E-state index < -0.39 is 15.9 Å². The standard InChI is InChI=1S/C21H25ClN2O4S/c1-2-3-4-16-5-7-17(8-6-16)23-21(25)19-15-18(9-10-20(19)22)29(26,27)24-11-13-28-14-12-24/h5-10,15H,2-4,11-14H2,1H3,(H,23,25). The number of halogens is 1. The second-order valence-electron chi connectivity index (χ2n) is 6.91. The molecule has 1 heterocycles. The number of benzene rings is 2. The summed E-state index contributed by atoms with van der Waals surface area (Å²) in [6.45, 7) is 3.43. The highest BCUT2D eigenvalue weighted by molar-refractivity contribution is 7.89. The van der Waals surface area contributed by atoms with Crippen molar-refractivity contribution < 1.29 is 17.9 Å². The number of nitrogens with zero attached hydrogens (tertiary/aromatic N) is 1. The lowest BCUT2D eigenvalue weighted by Gasteiger charge is -2.26. The summed E-state index contributed by atoms with van der Waals surface area (Å²) in [4.78, 5) is 12.8. The van der Waals surface area contributed by atoms with Crippen molar-refractivity contribution in [3.63, 3.8) is 0 Å². The third-order valence-electron chi connectivity index (χ3n) is 4.82. The monoisotopic (exact) mass is 436 g/mol. The Balaban J connectivity index is 1.77. The van der Waals surface area contributed by atoms with E-state index in [0.29, 0.717) is 18.9 Å². The maximum absolute atomic E-state index is 12.9. The number of carbonyl (C=O) groups is 1. The van der Waals surface area contributed by atoms with Crippen LogP contribution in [0.1, 0.15) is 35.7 Å². The van der Waals surface area contributed by atoms with Crippen LogP contribution in [-0.4, -0.2) is 44.9 Å². The predicted octanol–water partition coefficient (Wildman–Crippen LogP) is 3.96. The van der Waals surface area contributed by atoms with Gasteiger partial charge in [0, 0.05) is 18.8 Å². The van der Waals surface area contributed by atoms with E-state index in [4.69, 9.17) is 16.3 Å². The van der Waals surface area contributed by atoms with Crippen molar-refractivity contribution in [3.8, 4) is 0 Å². The Morgan fingerprint density at radius 1 is 1.14 bits per heavy atom. The fraction of sp³-hybridized carbons (Fsp3) is 0.381. The van der Waals surface area contributed by atoms with Crippen molar-refractivity contribution in [2.24, 2.45) is 0 Å². The Kier molecular flexibility index (Phi) is 7.29. The second kappa shape index (κ2) is 9.71. The normalized spacial score (nSPS) is 15.2. The van der Waals surface area contributed by atoms with Gasteiger partial charge in [0.2, 0.25) is 10.0 Å². The van der Waals surface area contributed by atoms with Gasteiger partial charge in [0.15, 0.2) is 0 Å². The van der Waals surface area contributed by atoms with Gasteiger partial charge in [-0.3, -0.25) is 4.79 Å². The number of ether oxygens (including phenoxy) is 1. The molecule has 156 valence electrons. The van der Waals surface area contributed by atoms with Crippen LogP contribution in [0.5, 0.6) is 0 Å². The molecule has 0 atom stereocenters. The molecule has 1 fully saturated rings. The van der Waals surface area contributed by atoms with Crippen LogP contribution in [0, 0.1) is 0 Å². The zero-order valence-electron chi connectivity index (χ0n) is 16.4. The average molecular weight is 437 g/mol. The smallest absolute Gasteiger partial charge is 0.257 e. The van der Waals surface area contributed by atoms with Gasteiger partial charge < -0.3 is 10.1 Å². The van der Waals surface area contributed by atoms with Gasteiger partial charge in [0.1, 0.15) is 0 Å². The third-order valence-corrected chi connectivity index (χ3v) is 7.05. The Bertz CT molecular complexity index is 955. The average Bonchev–Trinajstić information content (AvgIpc) is 2.74. The van der Waals surface area contributed by atoms with E-state index in [9.17, 15) is 13.2 Å². The molecule has 1 amide bonds. The number of unbranched alkanes of at least 4 members (excludes halogenated alkanes) is 1. The summed E-state index contributed by atoms with van der Waals surface area (Å²) in [7, 11) is -3.71. The van der Waals surface area contributed by atoms with Crippen LogP contribution in [0.25, 0.3) is 0 Å². The third kappa shape index (κ3) is 5.36. The fourth-order valence-corrected chi connectivity index (χ4v) is 4.75. The molecule has 0 saturated carbocycles. The first-order valence-corrected chi connectivity index (χ1v) is 11.5. The molecular formula is C21H25ClN2O4S. The summed E-state index contributed by atoms with van der Waals surface area (Å²) < 4.78 is 32.3. The topological polar surface area (TPSA) is 75.7 Å². The maximum Gasteiger partial charge on any atom is 0.257 e. The van der Waals surface area contributed by atoms with Crippen LogP contribution in [0.2, 0.25) is 5.02 Å². The summed E-state index contributed by atoms with van der Waals surface area (Å²) in [6, 6.07) is 11.8. The molecule has 0 aliphatic carbocycles. The molecule has 29 heavy (non-hydrogen) atoms. The van der Waals surface area contributed by atoms with Crippen molar-refractivity contribution >= 4 is 33.2 Å². The van der Waals surface area contributed by atoms with Crippen LogP contribution in [-0.2, 0) is 21.2 Å². The number of aryl methyl sites for hydroxylation is 1. The quantitative estimate of drug-likeness (QED) is 0.712. The Morgan fingerprint density at radius 3 is 2.48 bits per heavy atom. The van der Waals surface area contributed by atoms with E-state index in [1.807, 2.05) is 24.3 Å². The molecule has 6 nitrogen and oxygen atoms in total. The highest BCUT2D eigenvalue weighted by atomic mass is 35.5. The highest BCUT2D eigenvalue weighted by Gasteiger charge is 2.27. The van der Waals surface area contributed by atoms with Gasteiger partial charge in [-0.1, -0.05) is 37.1 Å². The number of nitrogens with one attached hydrogen (secondary N) is 1. The largest absolute Gasteiger partial charge is 0.379 e. The minimum atomic E-state index is -3.71. The molecular weight excluding hydrogens is 412 g/mol. The number of carbonyl (C=O) groups excluding carboxylic acids is 1. The Morgan fingerprint density at radius 2 is 1.83 bits per heavy atom. The lowest BCUT2D eigenvalue weighted by molar-refractivity contribution is 0.0730. The number of morpholine rings is 1. The first kappa shape index (κ1) is 21.8. The van der Waals surface area contributed by atoms with E-state index in [1.54, 1.807) is 0 Å². The van der Waals surface area contributed by atoms with Crippen molar-refractivity contribution in [1.29, 1.82) is 0 Å². The van der Waals surface area contributed by atoms with Gasteiger partial charge in [0.05, 0.1) is 28.7 Å². The molecule has 1 aliphatic heterocycles. The summed E-state index contributed by atoms with van der Waals surface area (Å²) in [5.74, 6) is -0.449. The molecule has 1 aliphatic rings. The van der Waals surface area contributed by atoms with Crippen LogP contribution < -0.4 is 5.32 Å². The molecule has 0 unspecified atom stereocenters. The number of hydrogen-bond donors (Lipinski definition) is 1. The van der Waals surface area contributed by atoms with Gasteiger partial charge in [-0.15, -0.1) is 0 Å². The molecule has 2 aromatic carbocycles. The van der Waals surface area contributed by atoms with Crippen molar-refractivity contribution in [2.45, 2.75) is 31.1 Å². The lowest BCUT2D eigenvalue weighted by atomic mass is 10.1. The minimum absolute atomic E-state index is 0.0452. The van der Waals surface area contributed by atoms with E-state index in [-0.39, 0.29) is 28.6 Å². The summed E-state index contributed by atoms with van der Waals surface area (Å²) >= 11 is 6.19. The minimum Gasteiger partial charge on any atom is -0.379 e. The van der Waals surface area contributed by atoms with E-state index >= 15 is 0 Å². The molecule has 8 heteroatoms. The van der Waals surface area contributed by atoms with E-state index in [0.717, 1.165) is 19.3 Å². The van der Waals surface area contributed by atoms with Crippen LogP contribution in [0.4, 0.5) is 5.69 Å². The summed E-state index contributed by atoms with van der Waals surface area (Å²) in [5.41, 5.74) is 1.96. The zero-order valence-corrected chi connectivity index (χ0v) is 17.9. The first-order valence-electron chi connectivity index (χ1n) is 9.69. The van der Waals surface area contributed by atoms with Gasteiger partial charge >= 0.3 is 0 Å². The lowest BCUT2D eigenvalue weighted by Crippen LogP contribution is -2.40. The highest BCUT2D eigenvalue weighted by Crippen LogP contribution is 2.25. The van der Waals surface area contributed by atoms with Crippen molar-refractivity contribution in [3.05, 3.63) is 58.6 Å². The maximum atomic E-state index is 12.9. The molecule has 1 saturated heterocycles. The van der Waals surface area contributed by atoms with Crippen molar-refractivity contribution in [2.75, 3.05) is 31.6 Å². The fourth-order valence-electron chi connectivity index (χ4n) is 3.11. The van der Waals surface area contributed by atoms with Crippen LogP contribution in [0.3, 0.4) is 0 Å². The number of amides is 1. The number of hydrogen-bond acceptors (Lipinski definition) is 4. The predicted molar refractivity (Wildman–Crippen MR) is 114 cm³/mol. The first-order chi connectivity index (χ1) is 13.9. The van der Waals surface area contributed by atoms with E-state index in [2.05, 4.69) is 12.2 Å². The van der Waals surface area contributed by atoms with Crippen LogP contribution in [0.15, 0.2) is 47.4 Å². The SMILES string of the molecule is CCCCc1ccc(NC(=O)c2cc(S(=O)(=O)N3CCOCC3)ccc2Cl)cc1. The van der Waals surface area contributed by atoms with Gasteiger partial charge in [0.25, 0.3) is 5.91 Å². The van der Waals surface area contributed by atoms with E-state index in [1.165, 1.54) is 28.1 Å². The molecule has 0 spiro atoms. The molecule has 0 aromatic heterocycles. The molecule has 3 rings (SSSR count). The molecule has 0 radical (unpaired) electrons. The summed E-state index contributed by atoms with van der Waals surface area (Å²) in [5, 5.41) is 2.99. The van der Waals surface area contributed by atoms with Crippen LogP contribution >= 0.6 is 11.6 Å². The van der Waals surface area contributed by atoms with Gasteiger partial charge in [-0.25, -0.2) is 8.42 Å². The number of anilines is 1. The number of rotatable bonds is 7. The molecule has 0 bridgehead atoms. The van der Waals surface area contributed by atoms with Gasteiger partial charge in [-0.2, -0.15) is 4.31 Å². The van der Waals surface area contributed by atoms with Crippen molar-refractivity contribution in [1.82, 2.24) is 4.31 Å². The second-order valence-corrected chi connectivity index (χ2v) is 9.26.